The number of cyclic esters (lactones) is 1. The van der Waals surface area contributed by atoms with Crippen molar-refractivity contribution in [3.8, 4) is 0 Å². The van der Waals surface area contributed by atoms with Gasteiger partial charge in [0.1, 0.15) is 30.5 Å². The maximum absolute atomic E-state index is 14.0. The Morgan fingerprint density at radius 3 is 2.17 bits per heavy atom. The minimum absolute atomic E-state index is 0.00476. The average Bonchev–Trinajstić information content (AvgIpc) is 3.70. The van der Waals surface area contributed by atoms with E-state index in [2.05, 4.69) is 10.3 Å². The molecule has 374 valence electrons. The minimum Gasteiger partial charge on any atom is -0.462 e. The van der Waals surface area contributed by atoms with E-state index in [1.165, 1.54) is 20.3 Å². The van der Waals surface area contributed by atoms with Crippen LogP contribution in [0.3, 0.4) is 0 Å². The first-order valence-corrected chi connectivity index (χ1v) is 23.4. The second kappa shape index (κ2) is 26.9. The lowest BCUT2D eigenvalue weighted by Crippen LogP contribution is -2.64. The first kappa shape index (κ1) is 55.9. The molecule has 1 aromatic heterocycles. The van der Waals surface area contributed by atoms with E-state index in [9.17, 15) is 30.0 Å². The summed E-state index contributed by atoms with van der Waals surface area (Å²) in [7, 11) is 10.4. The van der Waals surface area contributed by atoms with Crippen LogP contribution in [0.2, 0.25) is 0 Å². The largest absolute Gasteiger partial charge is 0.462 e. The molecule has 66 heavy (non-hydrogen) atoms. The fraction of sp³-hybridized carbons (Fsp3) is 0.826. The molecule has 0 saturated carbocycles. The van der Waals surface area contributed by atoms with Gasteiger partial charge in [-0.3, -0.25) is 14.5 Å². The molecule has 0 aliphatic carbocycles. The van der Waals surface area contributed by atoms with Gasteiger partial charge in [0.15, 0.2) is 24.7 Å². The molecule has 2 saturated heterocycles. The van der Waals surface area contributed by atoms with Crippen molar-refractivity contribution in [2.45, 2.75) is 173 Å². The van der Waals surface area contributed by atoms with E-state index >= 15 is 0 Å². The Kier molecular flexibility index (Phi) is 22.8. The maximum Gasteiger partial charge on any atom is 0.308 e. The lowest BCUT2D eigenvalue weighted by Gasteiger charge is -2.47. The Morgan fingerprint density at radius 2 is 1.56 bits per heavy atom. The van der Waals surface area contributed by atoms with Crippen molar-refractivity contribution in [2.24, 2.45) is 23.7 Å². The monoisotopic (exact) mass is 937 g/mol. The van der Waals surface area contributed by atoms with E-state index in [4.69, 9.17) is 50.6 Å². The molecule has 11 unspecified atom stereocenters. The second-order valence-electron chi connectivity index (χ2n) is 18.0. The zero-order valence-electron chi connectivity index (χ0n) is 40.7. The van der Waals surface area contributed by atoms with Crippen molar-refractivity contribution in [3.63, 3.8) is 0 Å². The van der Waals surface area contributed by atoms with Crippen LogP contribution in [0.4, 0.5) is 0 Å². The molecule has 4 rings (SSSR count). The standard InChI is InChI=1S/C46H77BN4O15/c1-12-35-31(24-62-46-44(59-11)43(58-10)40(56)29(8)64-46)19-25(4)15-16-33(52)26(5)20-30(21-37(60-13-2)61-14-3)42(27(6)34(53)22-36(54)65-35)66-45-41(57)38(39(55)28(7)63-45)50(9)18-17-32-23-51(47)49-48-32/h15-16,19,23,26-31,34-35,37-46,53,55-57H,12-14,17-18,20-22,24H2,1-11H3/b16-15+,25-19+/t26-,27+,28?,29?,30-,31-,34-,35-,38?,39?,40?,41?,42?,43?,44?,45?,46?/m1/s1. The molecule has 3 aliphatic rings. The number of aliphatic hydroxyl groups is 4. The number of nitrogens with zero attached hydrogens (tertiary/aromatic N) is 4. The molecular weight excluding hydrogens is 859 g/mol. The molecule has 3 aliphatic heterocycles. The summed E-state index contributed by atoms with van der Waals surface area (Å²) in [6.07, 6.45) is -4.77. The Balaban J connectivity index is 1.69. The Hall–Kier alpha value is -2.70. The zero-order valence-corrected chi connectivity index (χ0v) is 40.7. The van der Waals surface area contributed by atoms with Crippen LogP contribution in [0.15, 0.2) is 30.0 Å². The number of allylic oxidation sites excluding steroid dienone is 3. The van der Waals surface area contributed by atoms with Crippen LogP contribution in [0, 0.1) is 23.7 Å². The van der Waals surface area contributed by atoms with Gasteiger partial charge in [-0.05, 0) is 66.5 Å². The highest BCUT2D eigenvalue weighted by Crippen LogP contribution is 2.36. The summed E-state index contributed by atoms with van der Waals surface area (Å²) in [5, 5.41) is 53.9. The lowest BCUT2D eigenvalue weighted by atomic mass is 9.79. The van der Waals surface area contributed by atoms with Crippen molar-refractivity contribution in [1.29, 1.82) is 0 Å². The van der Waals surface area contributed by atoms with Crippen LogP contribution in [-0.4, -0.2) is 194 Å². The molecule has 0 amide bonds. The third-order valence-electron chi connectivity index (χ3n) is 13.1. The van der Waals surface area contributed by atoms with E-state index in [0.717, 1.165) is 4.59 Å². The number of aliphatic hydroxyl groups excluding tert-OH is 4. The van der Waals surface area contributed by atoms with Gasteiger partial charge in [0.25, 0.3) is 7.98 Å². The van der Waals surface area contributed by atoms with Gasteiger partial charge in [-0.1, -0.05) is 43.7 Å². The summed E-state index contributed by atoms with van der Waals surface area (Å²) in [5.74, 6) is -3.30. The molecule has 1 aromatic rings. The van der Waals surface area contributed by atoms with Crippen molar-refractivity contribution in [1.82, 2.24) is 19.8 Å². The Bertz CT molecular complexity index is 1680. The molecule has 4 heterocycles. The van der Waals surface area contributed by atoms with Gasteiger partial charge in [-0.2, -0.15) is 0 Å². The number of aromatic nitrogens is 3. The van der Waals surface area contributed by atoms with Gasteiger partial charge in [0.2, 0.25) is 0 Å². The first-order chi connectivity index (χ1) is 31.4. The molecule has 2 fully saturated rings. The zero-order chi connectivity index (χ0) is 48.8. The lowest BCUT2D eigenvalue weighted by molar-refractivity contribution is -0.307. The molecule has 17 atom stereocenters. The number of rotatable bonds is 18. The number of hydrogen-bond donors (Lipinski definition) is 4. The molecule has 4 N–H and O–H groups in total. The van der Waals surface area contributed by atoms with Gasteiger partial charge in [-0.15, -0.1) is 5.10 Å². The summed E-state index contributed by atoms with van der Waals surface area (Å²) in [5.41, 5.74) is 1.33. The number of ketones is 1. The van der Waals surface area contributed by atoms with Crippen LogP contribution in [0.25, 0.3) is 0 Å². The average molecular weight is 937 g/mol. The number of carbonyl (C=O) groups excluding carboxylic acids is 2. The number of esters is 1. The molecule has 0 aromatic carbocycles. The van der Waals surface area contributed by atoms with E-state index in [0.29, 0.717) is 43.9 Å². The summed E-state index contributed by atoms with van der Waals surface area (Å²) in [6.45, 7) is 15.4. The Morgan fingerprint density at radius 1 is 0.909 bits per heavy atom. The number of carbonyl (C=O) groups is 2. The molecule has 20 heteroatoms. The number of methoxy groups -OCH3 is 2. The third kappa shape index (κ3) is 15.2. The molecule has 0 bridgehead atoms. The van der Waals surface area contributed by atoms with Crippen LogP contribution < -0.4 is 0 Å². The topological polar surface area (TPSA) is 232 Å². The minimum atomic E-state index is -1.38. The smallest absolute Gasteiger partial charge is 0.308 e. The van der Waals surface area contributed by atoms with Crippen molar-refractivity contribution in [2.75, 3.05) is 47.6 Å². The van der Waals surface area contributed by atoms with Gasteiger partial charge in [-0.25, -0.2) is 0 Å². The van der Waals surface area contributed by atoms with Gasteiger partial charge in [0, 0.05) is 70.8 Å². The SMILES string of the molecule is [B]n1cc(CCN(C)C2C(O)C(C)OC(OC3[C@@H](CC(OCC)OCC)C[C@@H](C)C(=O)/C=C/C(C)=C/[C@H](COC4OC(C)C(O)C(OC)C4OC)[C@@H](CC)OC(=O)C[C@@H](O)[C@@H]3C)C2O)nn1. The summed E-state index contributed by atoms with van der Waals surface area (Å²) >= 11 is 0. The van der Waals surface area contributed by atoms with E-state index in [1.807, 2.05) is 40.7 Å². The highest BCUT2D eigenvalue weighted by molar-refractivity contribution is 6.05. The fourth-order valence-corrected chi connectivity index (χ4v) is 9.22. The normalized spacial score (nSPS) is 38.0. The van der Waals surface area contributed by atoms with Gasteiger partial charge >= 0.3 is 5.97 Å². The summed E-state index contributed by atoms with van der Waals surface area (Å²) in [6, 6.07) is -0.850. The number of likely N-dealkylation sites (N-methyl/N-ethyl adjacent to an activating group) is 1. The van der Waals surface area contributed by atoms with Gasteiger partial charge in [0.05, 0.1) is 55.3 Å². The Labute approximate surface area is 391 Å². The van der Waals surface area contributed by atoms with Crippen molar-refractivity contribution >= 4 is 19.7 Å². The first-order valence-electron chi connectivity index (χ1n) is 23.4. The summed E-state index contributed by atoms with van der Waals surface area (Å²) in [4.78, 5) is 29.8. The highest BCUT2D eigenvalue weighted by atomic mass is 16.7. The van der Waals surface area contributed by atoms with E-state index < -0.39 is 122 Å². The predicted octanol–water partition coefficient (Wildman–Crippen LogP) is 1.90. The third-order valence-corrected chi connectivity index (χ3v) is 13.1. The number of hydrogen-bond acceptors (Lipinski definition) is 18. The van der Waals surface area contributed by atoms with Crippen LogP contribution in [0.5, 0.6) is 0 Å². The summed E-state index contributed by atoms with van der Waals surface area (Å²) < 4.78 is 55.8. The maximum atomic E-state index is 14.0. The predicted molar refractivity (Wildman–Crippen MR) is 241 cm³/mol. The van der Waals surface area contributed by atoms with E-state index in [-0.39, 0.29) is 25.2 Å². The van der Waals surface area contributed by atoms with Crippen molar-refractivity contribution < 1.29 is 72.6 Å². The molecule has 0 spiro atoms. The number of ether oxygens (including phenoxy) is 9. The van der Waals surface area contributed by atoms with E-state index in [1.54, 1.807) is 45.0 Å². The molecular formula is C46H77BN4O15. The van der Waals surface area contributed by atoms with Gasteiger partial charge < -0.3 is 67.7 Å². The quantitative estimate of drug-likeness (QED) is 0.0936. The second-order valence-corrected chi connectivity index (χ2v) is 18.0. The van der Waals surface area contributed by atoms with Crippen LogP contribution >= 0.6 is 0 Å². The van der Waals surface area contributed by atoms with Crippen LogP contribution in [-0.2, 0) is 58.6 Å². The molecule has 2 radical (unpaired) electrons. The fourth-order valence-electron chi connectivity index (χ4n) is 9.22. The van der Waals surface area contributed by atoms with Crippen LogP contribution in [0.1, 0.15) is 86.8 Å². The molecule has 19 nitrogen and oxygen atoms in total. The van der Waals surface area contributed by atoms with Crippen molar-refractivity contribution in [3.05, 3.63) is 35.7 Å². The highest BCUT2D eigenvalue weighted by Gasteiger charge is 2.49.